The van der Waals surface area contributed by atoms with Crippen LogP contribution < -0.4 is 5.73 Å². The van der Waals surface area contributed by atoms with Crippen LogP contribution in [-0.4, -0.2) is 40.0 Å². The molecule has 0 bridgehead atoms. The standard InChI is InChI=1S/C9H14N4OS/c1-13(8(4-10)6-2-3-6)9(14)7-5-15-12-11-7/h5-6,8H,2-4,10H2,1H3. The molecular weight excluding hydrogens is 212 g/mol. The normalized spacial score (nSPS) is 17.5. The largest absolute Gasteiger partial charge is 0.336 e. The van der Waals surface area contributed by atoms with Crippen LogP contribution in [-0.2, 0) is 0 Å². The lowest BCUT2D eigenvalue weighted by Gasteiger charge is -2.26. The molecule has 0 spiro atoms. The van der Waals surface area contributed by atoms with E-state index in [0.717, 1.165) is 0 Å². The highest BCUT2D eigenvalue weighted by molar-refractivity contribution is 7.03. The van der Waals surface area contributed by atoms with Crippen molar-refractivity contribution in [2.45, 2.75) is 18.9 Å². The number of carbonyl (C=O) groups is 1. The van der Waals surface area contributed by atoms with Crippen molar-refractivity contribution >= 4 is 17.4 Å². The second-order valence-corrected chi connectivity index (χ2v) is 4.46. The lowest BCUT2D eigenvalue weighted by Crippen LogP contribution is -2.43. The molecule has 0 aliphatic heterocycles. The summed E-state index contributed by atoms with van der Waals surface area (Å²) in [6, 6.07) is 0.152. The van der Waals surface area contributed by atoms with Crippen LogP contribution in [0, 0.1) is 5.92 Å². The molecule has 5 nitrogen and oxygen atoms in total. The van der Waals surface area contributed by atoms with Gasteiger partial charge in [-0.25, -0.2) is 0 Å². The van der Waals surface area contributed by atoms with Crippen molar-refractivity contribution in [1.29, 1.82) is 0 Å². The van der Waals surface area contributed by atoms with E-state index >= 15 is 0 Å². The topological polar surface area (TPSA) is 72.1 Å². The van der Waals surface area contributed by atoms with Gasteiger partial charge in [0.25, 0.3) is 5.91 Å². The average molecular weight is 226 g/mol. The summed E-state index contributed by atoms with van der Waals surface area (Å²) >= 11 is 1.19. The number of carbonyl (C=O) groups excluding carboxylic acids is 1. The number of nitrogens with zero attached hydrogens (tertiary/aromatic N) is 3. The summed E-state index contributed by atoms with van der Waals surface area (Å²) in [6.45, 7) is 0.518. The highest BCUT2D eigenvalue weighted by atomic mass is 32.1. The first-order chi connectivity index (χ1) is 7.24. The molecule has 1 saturated carbocycles. The van der Waals surface area contributed by atoms with E-state index in [4.69, 9.17) is 5.73 Å². The van der Waals surface area contributed by atoms with Crippen molar-refractivity contribution < 1.29 is 4.79 Å². The van der Waals surface area contributed by atoms with Crippen molar-refractivity contribution in [3.05, 3.63) is 11.1 Å². The van der Waals surface area contributed by atoms with Gasteiger partial charge in [-0.3, -0.25) is 4.79 Å². The molecule has 1 heterocycles. The fraction of sp³-hybridized carbons (Fsp3) is 0.667. The van der Waals surface area contributed by atoms with Gasteiger partial charge in [0.05, 0.1) is 0 Å². The minimum atomic E-state index is -0.0777. The van der Waals surface area contributed by atoms with Crippen molar-refractivity contribution in [1.82, 2.24) is 14.5 Å². The zero-order chi connectivity index (χ0) is 10.8. The zero-order valence-electron chi connectivity index (χ0n) is 8.59. The maximum absolute atomic E-state index is 11.9. The van der Waals surface area contributed by atoms with Gasteiger partial charge in [-0.15, -0.1) is 5.10 Å². The summed E-state index contributed by atoms with van der Waals surface area (Å²) in [4.78, 5) is 13.6. The van der Waals surface area contributed by atoms with Crippen LogP contribution in [0.4, 0.5) is 0 Å². The monoisotopic (exact) mass is 226 g/mol. The molecule has 1 aliphatic rings. The Kier molecular flexibility index (Phi) is 2.97. The van der Waals surface area contributed by atoms with Gasteiger partial charge in [0.15, 0.2) is 5.69 Å². The first-order valence-electron chi connectivity index (χ1n) is 4.98. The molecule has 2 N–H and O–H groups in total. The number of rotatable bonds is 4. The zero-order valence-corrected chi connectivity index (χ0v) is 9.41. The molecule has 1 atom stereocenters. The van der Waals surface area contributed by atoms with Gasteiger partial charge in [0, 0.05) is 25.0 Å². The first-order valence-corrected chi connectivity index (χ1v) is 5.82. The average Bonchev–Trinajstić information content (AvgIpc) is 2.93. The quantitative estimate of drug-likeness (QED) is 0.804. The SMILES string of the molecule is CN(C(=O)c1csnn1)C(CN)C1CC1. The third-order valence-corrected chi connectivity index (χ3v) is 3.31. The number of amides is 1. The molecule has 0 radical (unpaired) electrons. The molecular formula is C9H14N4OS. The Morgan fingerprint density at radius 2 is 2.53 bits per heavy atom. The third-order valence-electron chi connectivity index (χ3n) is 2.80. The fourth-order valence-corrected chi connectivity index (χ4v) is 2.17. The minimum absolute atomic E-state index is 0.0777. The van der Waals surface area contributed by atoms with E-state index in [-0.39, 0.29) is 11.9 Å². The van der Waals surface area contributed by atoms with Crippen molar-refractivity contribution in [2.75, 3.05) is 13.6 Å². The second-order valence-electron chi connectivity index (χ2n) is 3.85. The predicted molar refractivity (Wildman–Crippen MR) is 57.6 cm³/mol. The van der Waals surface area contributed by atoms with E-state index in [1.807, 2.05) is 0 Å². The van der Waals surface area contributed by atoms with E-state index in [1.165, 1.54) is 24.4 Å². The summed E-state index contributed by atoms with van der Waals surface area (Å²) in [7, 11) is 1.79. The minimum Gasteiger partial charge on any atom is -0.336 e. The van der Waals surface area contributed by atoms with Gasteiger partial charge in [-0.05, 0) is 30.3 Å². The molecule has 1 amide bonds. The molecule has 0 saturated heterocycles. The van der Waals surface area contributed by atoms with Crippen LogP contribution in [0.15, 0.2) is 5.38 Å². The van der Waals surface area contributed by atoms with Crippen LogP contribution in [0.25, 0.3) is 0 Å². The Morgan fingerprint density at radius 1 is 1.80 bits per heavy atom. The van der Waals surface area contributed by atoms with Gasteiger partial charge in [0.1, 0.15) is 0 Å². The van der Waals surface area contributed by atoms with Gasteiger partial charge >= 0.3 is 0 Å². The van der Waals surface area contributed by atoms with Crippen molar-refractivity contribution in [2.24, 2.45) is 11.7 Å². The summed E-state index contributed by atoms with van der Waals surface area (Å²) < 4.78 is 3.68. The van der Waals surface area contributed by atoms with Crippen LogP contribution in [0.5, 0.6) is 0 Å². The highest BCUT2D eigenvalue weighted by Crippen LogP contribution is 2.34. The molecule has 0 aromatic carbocycles. The summed E-state index contributed by atoms with van der Waals surface area (Å²) in [5.41, 5.74) is 6.10. The fourth-order valence-electron chi connectivity index (χ4n) is 1.74. The van der Waals surface area contributed by atoms with E-state index in [1.54, 1.807) is 17.3 Å². The molecule has 1 fully saturated rings. The van der Waals surface area contributed by atoms with Gasteiger partial charge in [0.2, 0.25) is 0 Å². The molecule has 1 unspecified atom stereocenters. The smallest absolute Gasteiger partial charge is 0.275 e. The number of nitrogens with two attached hydrogens (primary N) is 1. The molecule has 15 heavy (non-hydrogen) atoms. The van der Waals surface area contributed by atoms with Crippen molar-refractivity contribution in [3.63, 3.8) is 0 Å². The Balaban J connectivity index is 2.05. The Morgan fingerprint density at radius 3 is 3.00 bits per heavy atom. The van der Waals surface area contributed by atoms with E-state index in [2.05, 4.69) is 9.59 Å². The van der Waals surface area contributed by atoms with E-state index < -0.39 is 0 Å². The van der Waals surface area contributed by atoms with Crippen LogP contribution in [0.1, 0.15) is 23.3 Å². The maximum Gasteiger partial charge on any atom is 0.275 e. The number of hydrogen-bond acceptors (Lipinski definition) is 5. The van der Waals surface area contributed by atoms with Crippen molar-refractivity contribution in [3.8, 4) is 0 Å². The molecule has 2 rings (SSSR count). The Hall–Kier alpha value is -1.01. The summed E-state index contributed by atoms with van der Waals surface area (Å²) in [6.07, 6.45) is 2.35. The molecule has 1 aliphatic carbocycles. The molecule has 6 heteroatoms. The Bertz CT molecular complexity index is 336. The first kappa shape index (κ1) is 10.5. The third kappa shape index (κ3) is 2.15. The van der Waals surface area contributed by atoms with Gasteiger partial charge in [-0.1, -0.05) is 4.49 Å². The number of hydrogen-bond donors (Lipinski definition) is 1. The highest BCUT2D eigenvalue weighted by Gasteiger charge is 2.35. The lowest BCUT2D eigenvalue weighted by molar-refractivity contribution is 0.0712. The summed E-state index contributed by atoms with van der Waals surface area (Å²) in [5, 5.41) is 5.44. The molecule has 82 valence electrons. The maximum atomic E-state index is 11.9. The number of likely N-dealkylation sites (N-methyl/N-ethyl adjacent to an activating group) is 1. The lowest BCUT2D eigenvalue weighted by atomic mass is 10.1. The summed E-state index contributed by atoms with van der Waals surface area (Å²) in [5.74, 6) is 0.502. The van der Waals surface area contributed by atoms with Crippen LogP contribution in [0.2, 0.25) is 0 Å². The van der Waals surface area contributed by atoms with Gasteiger partial charge < -0.3 is 10.6 Å². The van der Waals surface area contributed by atoms with E-state index in [9.17, 15) is 4.79 Å². The van der Waals surface area contributed by atoms with Gasteiger partial charge in [-0.2, -0.15) is 0 Å². The number of aromatic nitrogens is 2. The second kappa shape index (κ2) is 4.24. The predicted octanol–water partition coefficient (Wildman–Crippen LogP) is 0.347. The Labute approximate surface area is 92.4 Å². The molecule has 1 aromatic heterocycles. The molecule has 1 aromatic rings. The van der Waals surface area contributed by atoms with E-state index in [0.29, 0.717) is 18.2 Å². The van der Waals surface area contributed by atoms with Crippen LogP contribution in [0.3, 0.4) is 0 Å². The van der Waals surface area contributed by atoms with Crippen LogP contribution >= 0.6 is 11.5 Å².